The molecular weight excluding hydrogens is 364 g/mol. The van der Waals surface area contributed by atoms with Crippen LogP contribution in [0.5, 0.6) is 17.2 Å². The fraction of sp³-hybridized carbons (Fsp3) is 0.238. The molecule has 3 rings (SSSR count). The van der Waals surface area contributed by atoms with Crippen molar-refractivity contribution in [3.05, 3.63) is 52.9 Å². The number of hydrogen-bond acceptors (Lipinski definition) is 7. The lowest BCUT2D eigenvalue weighted by Crippen LogP contribution is -2.24. The van der Waals surface area contributed by atoms with E-state index in [0.717, 1.165) is 0 Å². The molecule has 0 unspecified atom stereocenters. The lowest BCUT2D eigenvalue weighted by atomic mass is 10.0. The van der Waals surface area contributed by atoms with Crippen molar-refractivity contribution in [2.24, 2.45) is 0 Å². The standard InChI is InChI=1S/C21H20O7/c1-12(20(22)26-4)27-15-6-5-13-9-17(21(23)28-19(13)11-15)16-10-14(24-2)7-8-18(16)25-3/h5-12H,1-4H3/t12-/m0/s1. The maximum absolute atomic E-state index is 12.6. The molecule has 0 spiro atoms. The van der Waals surface area contributed by atoms with E-state index >= 15 is 0 Å². The molecule has 0 amide bonds. The summed E-state index contributed by atoms with van der Waals surface area (Å²) in [6, 6.07) is 11.9. The van der Waals surface area contributed by atoms with Crippen LogP contribution in [0, 0.1) is 0 Å². The Balaban J connectivity index is 2.04. The van der Waals surface area contributed by atoms with Crippen molar-refractivity contribution in [3.63, 3.8) is 0 Å². The van der Waals surface area contributed by atoms with E-state index < -0.39 is 17.7 Å². The van der Waals surface area contributed by atoms with E-state index in [-0.39, 0.29) is 0 Å². The normalized spacial score (nSPS) is 11.7. The highest BCUT2D eigenvalue weighted by Crippen LogP contribution is 2.33. The first-order chi connectivity index (χ1) is 13.5. The molecule has 0 fully saturated rings. The Kier molecular flexibility index (Phi) is 5.54. The van der Waals surface area contributed by atoms with E-state index in [4.69, 9.17) is 18.6 Å². The van der Waals surface area contributed by atoms with Crippen LogP contribution in [-0.4, -0.2) is 33.4 Å². The van der Waals surface area contributed by atoms with E-state index in [9.17, 15) is 9.59 Å². The molecule has 3 aromatic rings. The third-order valence-electron chi connectivity index (χ3n) is 4.25. The molecule has 7 heteroatoms. The minimum absolute atomic E-state index is 0.338. The average Bonchev–Trinajstić information content (AvgIpc) is 2.72. The number of esters is 1. The van der Waals surface area contributed by atoms with Crippen molar-refractivity contribution in [2.45, 2.75) is 13.0 Å². The number of hydrogen-bond donors (Lipinski definition) is 0. The quantitative estimate of drug-likeness (QED) is 0.476. The van der Waals surface area contributed by atoms with Crippen molar-refractivity contribution in [1.82, 2.24) is 0 Å². The van der Waals surface area contributed by atoms with Gasteiger partial charge < -0.3 is 23.4 Å². The van der Waals surface area contributed by atoms with Crippen LogP contribution < -0.4 is 19.8 Å². The molecule has 1 aromatic heterocycles. The maximum atomic E-state index is 12.6. The molecule has 1 atom stereocenters. The van der Waals surface area contributed by atoms with Gasteiger partial charge in [-0.25, -0.2) is 9.59 Å². The van der Waals surface area contributed by atoms with Gasteiger partial charge >= 0.3 is 11.6 Å². The minimum Gasteiger partial charge on any atom is -0.497 e. The summed E-state index contributed by atoms with van der Waals surface area (Å²) in [5.41, 5.74) is 0.722. The monoisotopic (exact) mass is 384 g/mol. The lowest BCUT2D eigenvalue weighted by molar-refractivity contribution is -0.147. The molecule has 1 heterocycles. The van der Waals surface area contributed by atoms with Gasteiger partial charge in [-0.05, 0) is 43.3 Å². The van der Waals surface area contributed by atoms with Crippen molar-refractivity contribution < 1.29 is 28.2 Å². The Labute approximate surface area is 161 Å². The highest BCUT2D eigenvalue weighted by Gasteiger charge is 2.17. The van der Waals surface area contributed by atoms with Crippen LogP contribution in [0.25, 0.3) is 22.1 Å². The van der Waals surface area contributed by atoms with Crippen LogP contribution >= 0.6 is 0 Å². The van der Waals surface area contributed by atoms with Gasteiger partial charge in [-0.3, -0.25) is 0 Å². The number of methoxy groups -OCH3 is 3. The van der Waals surface area contributed by atoms with Crippen molar-refractivity contribution in [2.75, 3.05) is 21.3 Å². The van der Waals surface area contributed by atoms with Crippen LogP contribution in [0.2, 0.25) is 0 Å². The Bertz CT molecular complexity index is 1070. The smallest absolute Gasteiger partial charge is 0.346 e. The molecule has 0 saturated carbocycles. The molecule has 0 N–H and O–H groups in total. The molecule has 0 aliphatic carbocycles. The molecule has 7 nitrogen and oxygen atoms in total. The first-order valence-corrected chi connectivity index (χ1v) is 8.51. The molecule has 2 aromatic carbocycles. The number of carbonyl (C=O) groups excluding carboxylic acids is 1. The molecule has 146 valence electrons. The summed E-state index contributed by atoms with van der Waals surface area (Å²) in [5.74, 6) is 1.01. The Morgan fingerprint density at radius 3 is 2.36 bits per heavy atom. The van der Waals surface area contributed by atoms with Crippen molar-refractivity contribution in [1.29, 1.82) is 0 Å². The minimum atomic E-state index is -0.783. The van der Waals surface area contributed by atoms with Crippen LogP contribution in [0.3, 0.4) is 0 Å². The average molecular weight is 384 g/mol. The maximum Gasteiger partial charge on any atom is 0.346 e. The van der Waals surface area contributed by atoms with E-state index in [1.54, 1.807) is 56.5 Å². The van der Waals surface area contributed by atoms with Gasteiger partial charge in [0.1, 0.15) is 22.8 Å². The van der Waals surface area contributed by atoms with Crippen molar-refractivity contribution in [3.8, 4) is 28.4 Å². The van der Waals surface area contributed by atoms with Crippen LogP contribution in [0.4, 0.5) is 0 Å². The molecule has 0 bridgehead atoms. The van der Waals surface area contributed by atoms with Crippen LogP contribution in [0.1, 0.15) is 6.92 Å². The third kappa shape index (κ3) is 3.78. The van der Waals surface area contributed by atoms with Gasteiger partial charge in [0.2, 0.25) is 0 Å². The SMILES string of the molecule is COC(=O)[C@H](C)Oc1ccc2cc(-c3cc(OC)ccc3OC)c(=O)oc2c1. The first kappa shape index (κ1) is 19.3. The first-order valence-electron chi connectivity index (χ1n) is 8.51. The zero-order valence-electron chi connectivity index (χ0n) is 16.0. The Morgan fingerprint density at radius 2 is 1.68 bits per heavy atom. The topological polar surface area (TPSA) is 84.2 Å². The van der Waals surface area contributed by atoms with E-state index in [1.807, 2.05) is 0 Å². The number of carbonyl (C=O) groups is 1. The second-order valence-corrected chi connectivity index (χ2v) is 6.00. The van der Waals surface area contributed by atoms with E-state index in [1.165, 1.54) is 14.2 Å². The number of ether oxygens (including phenoxy) is 4. The zero-order valence-corrected chi connectivity index (χ0v) is 16.0. The van der Waals surface area contributed by atoms with Gasteiger partial charge in [0.15, 0.2) is 6.10 Å². The fourth-order valence-electron chi connectivity index (χ4n) is 2.80. The van der Waals surface area contributed by atoms with Gasteiger partial charge in [0.25, 0.3) is 0 Å². The summed E-state index contributed by atoms with van der Waals surface area (Å²) >= 11 is 0. The highest BCUT2D eigenvalue weighted by molar-refractivity contribution is 5.84. The van der Waals surface area contributed by atoms with Gasteiger partial charge in [-0.15, -0.1) is 0 Å². The number of benzene rings is 2. The molecular formula is C21H20O7. The van der Waals surface area contributed by atoms with E-state index in [2.05, 4.69) is 4.74 Å². The van der Waals surface area contributed by atoms with Gasteiger partial charge in [-0.1, -0.05) is 0 Å². The van der Waals surface area contributed by atoms with Gasteiger partial charge in [-0.2, -0.15) is 0 Å². The molecule has 28 heavy (non-hydrogen) atoms. The summed E-state index contributed by atoms with van der Waals surface area (Å²) in [6.07, 6.45) is -0.783. The molecule has 0 aliphatic rings. The highest BCUT2D eigenvalue weighted by atomic mass is 16.6. The molecule has 0 saturated heterocycles. The second-order valence-electron chi connectivity index (χ2n) is 6.00. The predicted octanol–water partition coefficient (Wildman–Crippen LogP) is 3.42. The summed E-state index contributed by atoms with van der Waals surface area (Å²) in [4.78, 5) is 24.1. The summed E-state index contributed by atoms with van der Waals surface area (Å²) < 4.78 is 26.2. The van der Waals surface area contributed by atoms with Crippen LogP contribution in [0.15, 0.2) is 51.7 Å². The molecule has 0 radical (unpaired) electrons. The van der Waals surface area contributed by atoms with Crippen LogP contribution in [-0.2, 0) is 9.53 Å². The fourth-order valence-corrected chi connectivity index (χ4v) is 2.80. The second kappa shape index (κ2) is 8.04. The third-order valence-corrected chi connectivity index (χ3v) is 4.25. The summed E-state index contributed by atoms with van der Waals surface area (Å²) in [7, 11) is 4.36. The largest absolute Gasteiger partial charge is 0.497 e. The Morgan fingerprint density at radius 1 is 0.929 bits per heavy atom. The number of fused-ring (bicyclic) bond motifs is 1. The predicted molar refractivity (Wildman–Crippen MR) is 103 cm³/mol. The molecule has 0 aliphatic heterocycles. The lowest BCUT2D eigenvalue weighted by Gasteiger charge is -2.13. The van der Waals surface area contributed by atoms with E-state index in [0.29, 0.717) is 39.3 Å². The zero-order chi connectivity index (χ0) is 20.3. The summed E-state index contributed by atoms with van der Waals surface area (Å²) in [6.45, 7) is 1.57. The Hall–Kier alpha value is -3.48. The van der Waals surface area contributed by atoms with Crippen molar-refractivity contribution >= 4 is 16.9 Å². The summed E-state index contributed by atoms with van der Waals surface area (Å²) in [5, 5.41) is 0.692. The number of rotatable bonds is 6. The van der Waals surface area contributed by atoms with Gasteiger partial charge in [0.05, 0.1) is 26.9 Å². The van der Waals surface area contributed by atoms with Gasteiger partial charge in [0, 0.05) is 17.0 Å².